The molecule has 0 radical (unpaired) electrons. The van der Waals surface area contributed by atoms with Gasteiger partial charge in [-0.1, -0.05) is 13.8 Å². The van der Waals surface area contributed by atoms with Gasteiger partial charge in [-0.25, -0.2) is 0 Å². The summed E-state index contributed by atoms with van der Waals surface area (Å²) in [5.74, 6) is 0.235. The summed E-state index contributed by atoms with van der Waals surface area (Å²) in [6.45, 7) is 5.66. The van der Waals surface area contributed by atoms with E-state index in [0.29, 0.717) is 32.6 Å². The van der Waals surface area contributed by atoms with Crippen molar-refractivity contribution in [1.82, 2.24) is 4.90 Å². The molecule has 17 heavy (non-hydrogen) atoms. The fraction of sp³-hybridized carbons (Fsp3) is 0.923. The minimum Gasteiger partial charge on any atom is -0.388 e. The highest BCUT2D eigenvalue weighted by Crippen LogP contribution is 2.22. The molecule has 1 N–H and O–H groups in total. The van der Waals surface area contributed by atoms with Crippen molar-refractivity contribution in [2.75, 3.05) is 26.8 Å². The van der Waals surface area contributed by atoms with Gasteiger partial charge in [0.15, 0.2) is 0 Å². The molecule has 1 fully saturated rings. The first-order valence-electron chi connectivity index (χ1n) is 6.57. The third-order valence-corrected chi connectivity index (χ3v) is 3.67. The van der Waals surface area contributed by atoms with Crippen LogP contribution in [0.2, 0.25) is 0 Å². The molecule has 0 aliphatic carbocycles. The zero-order chi connectivity index (χ0) is 12.9. The summed E-state index contributed by atoms with van der Waals surface area (Å²) in [6.07, 6.45) is 2.96. The smallest absolute Gasteiger partial charge is 0.225 e. The molecule has 0 aromatic heterocycles. The van der Waals surface area contributed by atoms with Gasteiger partial charge in [0, 0.05) is 45.6 Å². The van der Waals surface area contributed by atoms with Crippen molar-refractivity contribution in [3.05, 3.63) is 0 Å². The van der Waals surface area contributed by atoms with E-state index in [9.17, 15) is 9.90 Å². The van der Waals surface area contributed by atoms with Gasteiger partial charge in [0.1, 0.15) is 0 Å². The molecule has 1 rings (SSSR count). The van der Waals surface area contributed by atoms with E-state index in [1.54, 1.807) is 11.9 Å². The van der Waals surface area contributed by atoms with Crippen LogP contribution in [-0.2, 0) is 9.53 Å². The predicted octanol–water partition coefficient (Wildman–Crippen LogP) is 1.42. The number of amides is 1. The Hall–Kier alpha value is -0.610. The van der Waals surface area contributed by atoms with E-state index in [4.69, 9.17) is 4.74 Å². The van der Waals surface area contributed by atoms with Crippen LogP contribution in [0.1, 0.15) is 39.5 Å². The average molecular weight is 243 g/mol. The number of ether oxygens (including phenoxy) is 1. The Labute approximate surface area is 104 Å². The van der Waals surface area contributed by atoms with Crippen molar-refractivity contribution in [1.29, 1.82) is 0 Å². The third kappa shape index (κ3) is 3.96. The summed E-state index contributed by atoms with van der Waals surface area (Å²) in [7, 11) is 1.79. The van der Waals surface area contributed by atoms with Gasteiger partial charge in [-0.15, -0.1) is 0 Å². The van der Waals surface area contributed by atoms with Crippen molar-refractivity contribution in [3.63, 3.8) is 0 Å². The SMILES string of the molecule is CCC(CC)C(=O)N(C)CC1(O)CCOCC1. The standard InChI is InChI=1S/C13H25NO3/c1-4-11(5-2)12(15)14(3)10-13(16)6-8-17-9-7-13/h11,16H,4-10H2,1-3H3. The van der Waals surface area contributed by atoms with E-state index >= 15 is 0 Å². The molecule has 1 aliphatic rings. The van der Waals surface area contributed by atoms with Crippen LogP contribution in [0.4, 0.5) is 0 Å². The molecule has 1 amide bonds. The second-order valence-electron chi connectivity index (χ2n) is 5.04. The quantitative estimate of drug-likeness (QED) is 0.794. The van der Waals surface area contributed by atoms with Crippen LogP contribution in [0, 0.1) is 5.92 Å². The summed E-state index contributed by atoms with van der Waals surface area (Å²) in [4.78, 5) is 13.8. The topological polar surface area (TPSA) is 49.8 Å². The highest BCUT2D eigenvalue weighted by atomic mass is 16.5. The average Bonchev–Trinajstić information content (AvgIpc) is 2.30. The minimum absolute atomic E-state index is 0.0865. The lowest BCUT2D eigenvalue weighted by atomic mass is 9.93. The Balaban J connectivity index is 2.52. The van der Waals surface area contributed by atoms with Crippen molar-refractivity contribution in [3.8, 4) is 0 Å². The molecular formula is C13H25NO3. The van der Waals surface area contributed by atoms with E-state index in [1.165, 1.54) is 0 Å². The molecular weight excluding hydrogens is 218 g/mol. The second kappa shape index (κ2) is 6.36. The van der Waals surface area contributed by atoms with Gasteiger partial charge in [0.2, 0.25) is 5.91 Å². The van der Waals surface area contributed by atoms with E-state index in [1.807, 2.05) is 13.8 Å². The molecule has 4 heteroatoms. The fourth-order valence-electron chi connectivity index (χ4n) is 2.38. The fourth-order valence-corrected chi connectivity index (χ4v) is 2.38. The summed E-state index contributed by atoms with van der Waals surface area (Å²) in [5.41, 5.74) is -0.755. The van der Waals surface area contributed by atoms with E-state index in [-0.39, 0.29) is 11.8 Å². The number of rotatable bonds is 5. The molecule has 0 spiro atoms. The Kier molecular flexibility index (Phi) is 5.40. The number of hydrogen-bond donors (Lipinski definition) is 1. The zero-order valence-electron chi connectivity index (χ0n) is 11.2. The first-order chi connectivity index (χ1) is 8.02. The Morgan fingerprint density at radius 3 is 2.35 bits per heavy atom. The monoisotopic (exact) mass is 243 g/mol. The van der Waals surface area contributed by atoms with Gasteiger partial charge in [-0.2, -0.15) is 0 Å². The Morgan fingerprint density at radius 2 is 1.88 bits per heavy atom. The molecule has 4 nitrogen and oxygen atoms in total. The van der Waals surface area contributed by atoms with Gasteiger partial charge in [0.25, 0.3) is 0 Å². The number of hydrogen-bond acceptors (Lipinski definition) is 3. The molecule has 0 bridgehead atoms. The maximum Gasteiger partial charge on any atom is 0.225 e. The first kappa shape index (κ1) is 14.5. The lowest BCUT2D eigenvalue weighted by Crippen LogP contribution is -2.48. The van der Waals surface area contributed by atoms with Crippen LogP contribution in [0.25, 0.3) is 0 Å². The van der Waals surface area contributed by atoms with Crippen molar-refractivity contribution >= 4 is 5.91 Å². The number of likely N-dealkylation sites (N-methyl/N-ethyl adjacent to an activating group) is 1. The number of carbonyl (C=O) groups is 1. The summed E-state index contributed by atoms with van der Waals surface area (Å²) < 4.78 is 5.23. The number of aliphatic hydroxyl groups is 1. The maximum absolute atomic E-state index is 12.1. The van der Waals surface area contributed by atoms with Crippen LogP contribution < -0.4 is 0 Å². The Bertz CT molecular complexity index is 245. The lowest BCUT2D eigenvalue weighted by molar-refractivity contribution is -0.141. The highest BCUT2D eigenvalue weighted by molar-refractivity contribution is 5.78. The molecule has 1 heterocycles. The normalized spacial score (nSPS) is 19.4. The largest absolute Gasteiger partial charge is 0.388 e. The lowest BCUT2D eigenvalue weighted by Gasteiger charge is -2.36. The summed E-state index contributed by atoms with van der Waals surface area (Å²) in [6, 6.07) is 0. The molecule has 0 unspecified atom stereocenters. The van der Waals surface area contributed by atoms with Gasteiger partial charge in [-0.3, -0.25) is 4.79 Å². The highest BCUT2D eigenvalue weighted by Gasteiger charge is 2.33. The number of nitrogens with zero attached hydrogens (tertiary/aromatic N) is 1. The van der Waals surface area contributed by atoms with Gasteiger partial charge in [0.05, 0.1) is 5.60 Å². The van der Waals surface area contributed by atoms with Crippen molar-refractivity contribution in [2.45, 2.75) is 45.1 Å². The van der Waals surface area contributed by atoms with Gasteiger partial charge < -0.3 is 14.7 Å². The van der Waals surface area contributed by atoms with Gasteiger partial charge >= 0.3 is 0 Å². The molecule has 0 aromatic rings. The van der Waals surface area contributed by atoms with E-state index in [2.05, 4.69) is 0 Å². The molecule has 1 aliphatic heterocycles. The van der Waals surface area contributed by atoms with Crippen LogP contribution in [-0.4, -0.2) is 48.3 Å². The summed E-state index contributed by atoms with van der Waals surface area (Å²) in [5, 5.41) is 10.3. The first-order valence-corrected chi connectivity index (χ1v) is 6.57. The minimum atomic E-state index is -0.755. The maximum atomic E-state index is 12.1. The Morgan fingerprint density at radius 1 is 1.35 bits per heavy atom. The molecule has 100 valence electrons. The van der Waals surface area contributed by atoms with E-state index < -0.39 is 5.60 Å². The van der Waals surface area contributed by atoms with Crippen LogP contribution in [0.15, 0.2) is 0 Å². The van der Waals surface area contributed by atoms with Crippen LogP contribution in [0.5, 0.6) is 0 Å². The number of carbonyl (C=O) groups excluding carboxylic acids is 1. The van der Waals surface area contributed by atoms with Crippen molar-refractivity contribution in [2.24, 2.45) is 5.92 Å². The predicted molar refractivity (Wildman–Crippen MR) is 66.7 cm³/mol. The molecule has 0 saturated carbocycles. The van der Waals surface area contributed by atoms with Crippen molar-refractivity contribution < 1.29 is 14.6 Å². The molecule has 1 saturated heterocycles. The van der Waals surface area contributed by atoms with E-state index in [0.717, 1.165) is 12.8 Å². The second-order valence-corrected chi connectivity index (χ2v) is 5.04. The summed E-state index contributed by atoms with van der Waals surface area (Å²) >= 11 is 0. The third-order valence-electron chi connectivity index (χ3n) is 3.67. The van der Waals surface area contributed by atoms with Crippen LogP contribution in [0.3, 0.4) is 0 Å². The van der Waals surface area contributed by atoms with Gasteiger partial charge in [-0.05, 0) is 12.8 Å². The molecule has 0 atom stereocenters. The van der Waals surface area contributed by atoms with Crippen LogP contribution >= 0.6 is 0 Å². The zero-order valence-corrected chi connectivity index (χ0v) is 11.2. The molecule has 0 aromatic carbocycles.